The van der Waals surface area contributed by atoms with Gasteiger partial charge in [-0.25, -0.2) is 4.79 Å². The maximum atomic E-state index is 12.9. The molecular weight excluding hydrogens is 338 g/mol. The molecule has 2 atom stereocenters. The number of carbonyl (C=O) groups is 3. The minimum absolute atomic E-state index is 0.101. The lowest BCUT2D eigenvalue weighted by molar-refractivity contribution is -0.140. The summed E-state index contributed by atoms with van der Waals surface area (Å²) in [6.07, 6.45) is 3.59. The molecule has 2 fully saturated rings. The molecule has 1 saturated heterocycles. The Morgan fingerprint density at radius 3 is 2.84 bits per heavy atom. The van der Waals surface area contributed by atoms with Crippen LogP contribution in [0.5, 0.6) is 0 Å². The van der Waals surface area contributed by atoms with Crippen LogP contribution in [0.4, 0.5) is 4.79 Å². The van der Waals surface area contributed by atoms with Crippen LogP contribution < -0.4 is 5.32 Å². The summed E-state index contributed by atoms with van der Waals surface area (Å²) in [5.41, 5.74) is 0.341. The molecule has 2 heterocycles. The van der Waals surface area contributed by atoms with Gasteiger partial charge in [0, 0.05) is 11.9 Å². The summed E-state index contributed by atoms with van der Waals surface area (Å²) in [7, 11) is 1.71. The number of hydrogen-bond acceptors (Lipinski definition) is 4. The maximum Gasteiger partial charge on any atom is 0.325 e. The standard InChI is InChI=1S/C18H25N3O3S/c1-12-7-9-25-14(12)10-20(3)15(22)11-21-16(23)18(19-17(21)24)8-5-4-6-13(18)2/h7,9,13H,4-6,8,10-11H2,1-3H3,(H,19,24)/t13-,18+/m0/s1. The van der Waals surface area contributed by atoms with Crippen molar-refractivity contribution in [3.05, 3.63) is 21.9 Å². The van der Waals surface area contributed by atoms with E-state index in [0.29, 0.717) is 13.0 Å². The fourth-order valence-electron chi connectivity index (χ4n) is 3.76. The highest BCUT2D eigenvalue weighted by molar-refractivity contribution is 7.10. The molecule has 1 aromatic rings. The topological polar surface area (TPSA) is 69.7 Å². The van der Waals surface area contributed by atoms with Crippen LogP contribution in [0.15, 0.2) is 11.4 Å². The van der Waals surface area contributed by atoms with E-state index in [9.17, 15) is 14.4 Å². The van der Waals surface area contributed by atoms with Gasteiger partial charge in [-0.15, -0.1) is 11.3 Å². The zero-order valence-electron chi connectivity index (χ0n) is 15.0. The molecule has 4 amide bonds. The number of urea groups is 1. The average molecular weight is 363 g/mol. The van der Waals surface area contributed by atoms with E-state index in [1.54, 1.807) is 23.3 Å². The Kier molecular flexibility index (Phi) is 4.86. The lowest BCUT2D eigenvalue weighted by atomic mass is 9.73. The van der Waals surface area contributed by atoms with Crippen LogP contribution in [-0.2, 0) is 16.1 Å². The number of amides is 4. The first-order chi connectivity index (χ1) is 11.8. The van der Waals surface area contributed by atoms with Gasteiger partial charge >= 0.3 is 6.03 Å². The van der Waals surface area contributed by atoms with E-state index in [0.717, 1.165) is 34.6 Å². The Morgan fingerprint density at radius 1 is 1.44 bits per heavy atom. The van der Waals surface area contributed by atoms with Crippen molar-refractivity contribution >= 4 is 29.2 Å². The van der Waals surface area contributed by atoms with Gasteiger partial charge in [0.2, 0.25) is 5.91 Å². The van der Waals surface area contributed by atoms with E-state index in [-0.39, 0.29) is 24.3 Å². The fourth-order valence-corrected chi connectivity index (χ4v) is 4.72. The maximum absolute atomic E-state index is 12.9. The Balaban J connectivity index is 1.67. The van der Waals surface area contributed by atoms with Crippen LogP contribution in [0.3, 0.4) is 0 Å². The molecule has 1 saturated carbocycles. The Bertz CT molecular complexity index is 701. The summed E-state index contributed by atoms with van der Waals surface area (Å²) in [4.78, 5) is 41.6. The summed E-state index contributed by atoms with van der Waals surface area (Å²) in [5.74, 6) is -0.361. The van der Waals surface area contributed by atoms with Gasteiger partial charge in [-0.3, -0.25) is 14.5 Å². The van der Waals surface area contributed by atoms with E-state index >= 15 is 0 Å². The van der Waals surface area contributed by atoms with Crippen molar-refractivity contribution in [2.45, 2.75) is 51.6 Å². The summed E-state index contributed by atoms with van der Waals surface area (Å²) in [6, 6.07) is 1.58. The van der Waals surface area contributed by atoms with Crippen molar-refractivity contribution in [3.8, 4) is 0 Å². The first-order valence-corrected chi connectivity index (χ1v) is 9.64. The van der Waals surface area contributed by atoms with Crippen molar-refractivity contribution in [2.75, 3.05) is 13.6 Å². The third-order valence-electron chi connectivity index (χ3n) is 5.57. The molecule has 1 aromatic heterocycles. The number of thiophene rings is 1. The number of hydrogen-bond donors (Lipinski definition) is 1. The summed E-state index contributed by atoms with van der Waals surface area (Å²) in [5, 5.41) is 4.88. The molecule has 7 heteroatoms. The summed E-state index contributed by atoms with van der Waals surface area (Å²) < 4.78 is 0. The molecule has 0 bridgehead atoms. The number of nitrogens with one attached hydrogen (secondary N) is 1. The number of rotatable bonds is 4. The van der Waals surface area contributed by atoms with Gasteiger partial charge in [-0.1, -0.05) is 19.8 Å². The van der Waals surface area contributed by atoms with Gasteiger partial charge in [0.1, 0.15) is 12.1 Å². The molecule has 136 valence electrons. The molecule has 1 spiro atoms. The van der Waals surface area contributed by atoms with Crippen LogP contribution in [0, 0.1) is 12.8 Å². The minimum Gasteiger partial charge on any atom is -0.339 e. The Hall–Kier alpha value is -1.89. The minimum atomic E-state index is -0.807. The molecule has 2 aliphatic rings. The number of carbonyl (C=O) groups excluding carboxylic acids is 3. The second-order valence-corrected chi connectivity index (χ2v) is 8.22. The molecule has 0 unspecified atom stereocenters. The average Bonchev–Trinajstić information content (AvgIpc) is 3.07. The molecule has 3 rings (SSSR count). The highest BCUT2D eigenvalue weighted by Gasteiger charge is 2.55. The molecule has 1 aliphatic carbocycles. The predicted octanol–water partition coefficient (Wildman–Crippen LogP) is 2.52. The van der Waals surface area contributed by atoms with Gasteiger partial charge in [0.05, 0.1) is 6.54 Å². The van der Waals surface area contributed by atoms with E-state index < -0.39 is 11.6 Å². The fraction of sp³-hybridized carbons (Fsp3) is 0.611. The van der Waals surface area contributed by atoms with Crippen molar-refractivity contribution in [1.82, 2.24) is 15.1 Å². The van der Waals surface area contributed by atoms with Gasteiger partial charge < -0.3 is 10.2 Å². The van der Waals surface area contributed by atoms with Crippen molar-refractivity contribution in [2.24, 2.45) is 5.92 Å². The molecule has 0 aromatic carbocycles. The monoisotopic (exact) mass is 363 g/mol. The van der Waals surface area contributed by atoms with Crippen molar-refractivity contribution in [3.63, 3.8) is 0 Å². The second kappa shape index (κ2) is 6.78. The van der Waals surface area contributed by atoms with E-state index in [4.69, 9.17) is 0 Å². The molecule has 1 N–H and O–H groups in total. The lowest BCUT2D eigenvalue weighted by Gasteiger charge is -2.36. The molecule has 25 heavy (non-hydrogen) atoms. The molecule has 0 radical (unpaired) electrons. The largest absolute Gasteiger partial charge is 0.339 e. The normalized spacial score (nSPS) is 26.2. The van der Waals surface area contributed by atoms with Crippen LogP contribution in [0.25, 0.3) is 0 Å². The van der Waals surface area contributed by atoms with Gasteiger partial charge in [-0.2, -0.15) is 0 Å². The van der Waals surface area contributed by atoms with Crippen molar-refractivity contribution < 1.29 is 14.4 Å². The zero-order valence-corrected chi connectivity index (χ0v) is 15.8. The summed E-state index contributed by atoms with van der Waals surface area (Å²) >= 11 is 1.60. The van der Waals surface area contributed by atoms with E-state index in [2.05, 4.69) is 5.32 Å². The smallest absolute Gasteiger partial charge is 0.325 e. The third kappa shape index (κ3) is 3.17. The highest BCUT2D eigenvalue weighted by atomic mass is 32.1. The second-order valence-electron chi connectivity index (χ2n) is 7.22. The van der Waals surface area contributed by atoms with Crippen LogP contribution >= 0.6 is 11.3 Å². The van der Waals surface area contributed by atoms with Crippen LogP contribution in [-0.4, -0.2) is 46.8 Å². The number of aryl methyl sites for hydroxylation is 1. The summed E-state index contributed by atoms with van der Waals surface area (Å²) in [6.45, 7) is 4.32. The molecule has 1 aliphatic heterocycles. The quantitative estimate of drug-likeness (QED) is 0.836. The van der Waals surface area contributed by atoms with E-state index in [1.165, 1.54) is 0 Å². The predicted molar refractivity (Wildman–Crippen MR) is 96.1 cm³/mol. The molecular formula is C18H25N3O3S. The van der Waals surface area contributed by atoms with Crippen LogP contribution in [0.2, 0.25) is 0 Å². The molecule has 6 nitrogen and oxygen atoms in total. The van der Waals surface area contributed by atoms with Crippen LogP contribution in [0.1, 0.15) is 43.0 Å². The first-order valence-electron chi connectivity index (χ1n) is 8.76. The van der Waals surface area contributed by atoms with Gasteiger partial charge in [0.15, 0.2) is 0 Å². The first kappa shape index (κ1) is 17.9. The SMILES string of the molecule is Cc1ccsc1CN(C)C(=O)CN1C(=O)N[C@@]2(CCCC[C@@H]2C)C1=O. The third-order valence-corrected chi connectivity index (χ3v) is 6.58. The Morgan fingerprint density at radius 2 is 2.20 bits per heavy atom. The number of likely N-dealkylation sites (N-methyl/N-ethyl adjacent to an activating group) is 1. The van der Waals surface area contributed by atoms with Crippen molar-refractivity contribution in [1.29, 1.82) is 0 Å². The lowest BCUT2D eigenvalue weighted by Crippen LogP contribution is -2.54. The highest BCUT2D eigenvalue weighted by Crippen LogP contribution is 2.38. The number of nitrogens with zero attached hydrogens (tertiary/aromatic N) is 2. The zero-order chi connectivity index (χ0) is 18.2. The van der Waals surface area contributed by atoms with Gasteiger partial charge in [-0.05, 0) is 42.7 Å². The van der Waals surface area contributed by atoms with E-state index in [1.807, 2.05) is 25.3 Å². The number of imide groups is 1. The Labute approximate surface area is 152 Å². The van der Waals surface area contributed by atoms with Gasteiger partial charge in [0.25, 0.3) is 5.91 Å².